The van der Waals surface area contributed by atoms with Gasteiger partial charge in [0.1, 0.15) is 0 Å². The van der Waals surface area contributed by atoms with Crippen LogP contribution in [0.3, 0.4) is 0 Å². The van der Waals surface area contributed by atoms with Gasteiger partial charge in [0, 0.05) is 33.8 Å². The van der Waals surface area contributed by atoms with Crippen molar-refractivity contribution in [3.8, 4) is 0 Å². The molecule has 2 fully saturated rings. The number of likely N-dealkylation sites (tertiary alicyclic amines) is 2. The van der Waals surface area contributed by atoms with E-state index >= 15 is 0 Å². The van der Waals surface area contributed by atoms with Gasteiger partial charge < -0.3 is 9.64 Å². The predicted octanol–water partition coefficient (Wildman–Crippen LogP) is 0.187. The van der Waals surface area contributed by atoms with Crippen molar-refractivity contribution in [3.63, 3.8) is 0 Å². The van der Waals surface area contributed by atoms with Crippen molar-refractivity contribution >= 4 is 5.91 Å². The van der Waals surface area contributed by atoms with E-state index in [9.17, 15) is 4.79 Å². The van der Waals surface area contributed by atoms with Gasteiger partial charge in [0.25, 0.3) is 0 Å². The summed E-state index contributed by atoms with van der Waals surface area (Å²) < 4.78 is 5.08. The summed E-state index contributed by atoms with van der Waals surface area (Å²) in [5.41, 5.74) is -0.0409. The molecular formula is C11H20N2O2. The lowest BCUT2D eigenvalue weighted by molar-refractivity contribution is -0.163. The maximum atomic E-state index is 11.8. The van der Waals surface area contributed by atoms with E-state index < -0.39 is 0 Å². The minimum atomic E-state index is -0.0409. The smallest absolute Gasteiger partial charge is 0.231 e. The standard InChI is InChI=1S/C11H20N2O2/c1-12-8-11(10(12)14)4-3-5-13(9-11)6-7-15-2/h3-9H2,1-2H3. The third kappa shape index (κ3) is 1.88. The lowest BCUT2D eigenvalue weighted by Crippen LogP contribution is -2.65. The summed E-state index contributed by atoms with van der Waals surface area (Å²) in [6, 6.07) is 0. The highest BCUT2D eigenvalue weighted by atomic mass is 16.5. The molecule has 1 unspecified atom stereocenters. The molecule has 0 radical (unpaired) electrons. The Labute approximate surface area is 91.2 Å². The van der Waals surface area contributed by atoms with E-state index in [-0.39, 0.29) is 5.41 Å². The molecule has 0 aromatic carbocycles. The Morgan fingerprint density at radius 2 is 2.27 bits per heavy atom. The van der Waals surface area contributed by atoms with Crippen LogP contribution in [0.15, 0.2) is 0 Å². The third-order valence-electron chi connectivity index (χ3n) is 3.61. The number of ether oxygens (including phenoxy) is 1. The monoisotopic (exact) mass is 212 g/mol. The highest BCUT2D eigenvalue weighted by Crippen LogP contribution is 2.39. The molecule has 0 N–H and O–H groups in total. The van der Waals surface area contributed by atoms with Crippen molar-refractivity contribution in [2.45, 2.75) is 12.8 Å². The Kier molecular flexibility index (Phi) is 2.98. The topological polar surface area (TPSA) is 32.8 Å². The molecule has 86 valence electrons. The predicted molar refractivity (Wildman–Crippen MR) is 57.6 cm³/mol. The van der Waals surface area contributed by atoms with Crippen molar-refractivity contribution in [1.29, 1.82) is 0 Å². The van der Waals surface area contributed by atoms with Crippen LogP contribution in [0.4, 0.5) is 0 Å². The molecule has 0 aromatic rings. The minimum absolute atomic E-state index is 0.0409. The molecular weight excluding hydrogens is 192 g/mol. The van der Waals surface area contributed by atoms with Crippen molar-refractivity contribution in [2.24, 2.45) is 5.41 Å². The van der Waals surface area contributed by atoms with Gasteiger partial charge in [-0.05, 0) is 19.4 Å². The zero-order chi connectivity index (χ0) is 10.9. The van der Waals surface area contributed by atoms with Gasteiger partial charge in [0.2, 0.25) is 5.91 Å². The molecule has 1 atom stereocenters. The Hall–Kier alpha value is -0.610. The number of carbonyl (C=O) groups excluding carboxylic acids is 1. The molecule has 4 heteroatoms. The molecule has 2 aliphatic rings. The van der Waals surface area contributed by atoms with Gasteiger partial charge >= 0.3 is 0 Å². The molecule has 0 saturated carbocycles. The first-order valence-electron chi connectivity index (χ1n) is 5.65. The second-order valence-electron chi connectivity index (χ2n) is 4.81. The summed E-state index contributed by atoms with van der Waals surface area (Å²) in [7, 11) is 3.61. The van der Waals surface area contributed by atoms with Crippen LogP contribution in [-0.4, -0.2) is 62.7 Å². The van der Waals surface area contributed by atoms with Crippen LogP contribution in [0.1, 0.15) is 12.8 Å². The summed E-state index contributed by atoms with van der Waals surface area (Å²) in [4.78, 5) is 16.0. The summed E-state index contributed by atoms with van der Waals surface area (Å²) in [5, 5.41) is 0. The maximum Gasteiger partial charge on any atom is 0.231 e. The Morgan fingerprint density at radius 3 is 2.87 bits per heavy atom. The van der Waals surface area contributed by atoms with Crippen molar-refractivity contribution in [2.75, 3.05) is 46.9 Å². The van der Waals surface area contributed by atoms with E-state index in [1.807, 2.05) is 11.9 Å². The number of rotatable bonds is 3. The fraction of sp³-hybridized carbons (Fsp3) is 0.909. The van der Waals surface area contributed by atoms with Crippen molar-refractivity contribution < 1.29 is 9.53 Å². The second-order valence-corrected chi connectivity index (χ2v) is 4.81. The molecule has 15 heavy (non-hydrogen) atoms. The van der Waals surface area contributed by atoms with Crippen LogP contribution < -0.4 is 0 Å². The van der Waals surface area contributed by atoms with Crippen LogP contribution in [0.25, 0.3) is 0 Å². The number of nitrogens with zero attached hydrogens (tertiary/aromatic N) is 2. The van der Waals surface area contributed by atoms with Crippen LogP contribution in [-0.2, 0) is 9.53 Å². The molecule has 2 rings (SSSR count). The number of hydrogen-bond donors (Lipinski definition) is 0. The van der Waals surface area contributed by atoms with Gasteiger partial charge in [-0.3, -0.25) is 9.69 Å². The van der Waals surface area contributed by atoms with Gasteiger partial charge in [-0.15, -0.1) is 0 Å². The Morgan fingerprint density at radius 1 is 1.47 bits per heavy atom. The molecule has 2 aliphatic heterocycles. The Bertz CT molecular complexity index is 253. The summed E-state index contributed by atoms with van der Waals surface area (Å²) in [6.07, 6.45) is 2.21. The van der Waals surface area contributed by atoms with Crippen LogP contribution in [0, 0.1) is 5.41 Å². The molecule has 1 spiro atoms. The molecule has 0 aliphatic carbocycles. The first-order chi connectivity index (χ1) is 7.18. The lowest BCUT2D eigenvalue weighted by Gasteiger charge is -2.52. The lowest BCUT2D eigenvalue weighted by atomic mass is 9.72. The van der Waals surface area contributed by atoms with Gasteiger partial charge in [0.05, 0.1) is 12.0 Å². The van der Waals surface area contributed by atoms with Crippen LogP contribution in [0.2, 0.25) is 0 Å². The summed E-state index contributed by atoms with van der Waals surface area (Å²) in [6.45, 7) is 4.70. The number of piperidine rings is 1. The summed E-state index contributed by atoms with van der Waals surface area (Å²) >= 11 is 0. The number of carbonyl (C=O) groups is 1. The molecule has 0 bridgehead atoms. The largest absolute Gasteiger partial charge is 0.383 e. The molecule has 1 amide bonds. The summed E-state index contributed by atoms with van der Waals surface area (Å²) in [5.74, 6) is 0.338. The van der Waals surface area contributed by atoms with Crippen LogP contribution in [0.5, 0.6) is 0 Å². The van der Waals surface area contributed by atoms with E-state index in [1.165, 1.54) is 0 Å². The second kappa shape index (κ2) is 4.10. The average Bonchev–Trinajstić information content (AvgIpc) is 2.26. The average molecular weight is 212 g/mol. The molecule has 0 aromatic heterocycles. The van der Waals surface area contributed by atoms with E-state index in [4.69, 9.17) is 4.74 Å². The zero-order valence-corrected chi connectivity index (χ0v) is 9.66. The Balaban J connectivity index is 1.90. The highest BCUT2D eigenvalue weighted by molar-refractivity contribution is 5.88. The third-order valence-corrected chi connectivity index (χ3v) is 3.61. The zero-order valence-electron chi connectivity index (χ0n) is 9.66. The van der Waals surface area contributed by atoms with E-state index in [1.54, 1.807) is 7.11 Å². The highest BCUT2D eigenvalue weighted by Gasteiger charge is 2.51. The van der Waals surface area contributed by atoms with Crippen LogP contribution >= 0.6 is 0 Å². The van der Waals surface area contributed by atoms with Gasteiger partial charge in [-0.1, -0.05) is 0 Å². The maximum absolute atomic E-state index is 11.8. The first kappa shape index (κ1) is 10.9. The van der Waals surface area contributed by atoms with Gasteiger partial charge in [-0.2, -0.15) is 0 Å². The number of methoxy groups -OCH3 is 1. The van der Waals surface area contributed by atoms with Crippen molar-refractivity contribution in [3.05, 3.63) is 0 Å². The number of β-lactam (4-membered cyclic amide) rings is 1. The van der Waals surface area contributed by atoms with E-state index in [0.717, 1.165) is 45.6 Å². The first-order valence-corrected chi connectivity index (χ1v) is 5.65. The molecule has 2 heterocycles. The van der Waals surface area contributed by atoms with E-state index in [0.29, 0.717) is 5.91 Å². The van der Waals surface area contributed by atoms with Crippen molar-refractivity contribution in [1.82, 2.24) is 9.80 Å². The SMILES string of the molecule is COCCN1CCCC2(C1)CN(C)C2=O. The fourth-order valence-corrected chi connectivity index (χ4v) is 2.85. The van der Waals surface area contributed by atoms with Gasteiger partial charge in [-0.25, -0.2) is 0 Å². The quantitative estimate of drug-likeness (QED) is 0.626. The molecule has 4 nitrogen and oxygen atoms in total. The fourth-order valence-electron chi connectivity index (χ4n) is 2.85. The minimum Gasteiger partial charge on any atom is -0.383 e. The number of hydrogen-bond acceptors (Lipinski definition) is 3. The molecule has 2 saturated heterocycles. The van der Waals surface area contributed by atoms with E-state index in [2.05, 4.69) is 4.90 Å². The van der Waals surface area contributed by atoms with Gasteiger partial charge in [0.15, 0.2) is 0 Å². The number of amides is 1. The normalized spacial score (nSPS) is 32.1.